The molecule has 0 fully saturated rings. The van der Waals surface area contributed by atoms with Gasteiger partial charge in [0.05, 0.1) is 0 Å². The van der Waals surface area contributed by atoms with Gasteiger partial charge in [0.1, 0.15) is 5.70 Å². The summed E-state index contributed by atoms with van der Waals surface area (Å²) in [5, 5.41) is 2.42. The zero-order valence-electron chi connectivity index (χ0n) is 6.13. The highest BCUT2D eigenvalue weighted by Gasteiger charge is 2.23. The van der Waals surface area contributed by atoms with Crippen LogP contribution in [-0.4, -0.2) is 11.8 Å². The van der Waals surface area contributed by atoms with Crippen molar-refractivity contribution in [1.82, 2.24) is 5.32 Å². The van der Waals surface area contributed by atoms with Crippen LogP contribution in [0.1, 0.15) is 15.9 Å². The summed E-state index contributed by atoms with van der Waals surface area (Å²) in [4.78, 5) is 21.5. The topological polar surface area (TPSA) is 46.2 Å². The molecule has 0 aliphatic carbocycles. The Labute approximate surface area is 68.7 Å². The van der Waals surface area contributed by atoms with Gasteiger partial charge in [-0.3, -0.25) is 4.79 Å². The van der Waals surface area contributed by atoms with Crippen LogP contribution in [0.3, 0.4) is 0 Å². The first kappa shape index (κ1) is 6.83. The number of carbonyl (C=O) groups excluding carboxylic acids is 2. The van der Waals surface area contributed by atoms with E-state index < -0.39 is 0 Å². The minimum absolute atomic E-state index is 0.232. The van der Waals surface area contributed by atoms with E-state index in [1.165, 1.54) is 0 Å². The van der Waals surface area contributed by atoms with Gasteiger partial charge in [0.2, 0.25) is 0 Å². The van der Waals surface area contributed by atoms with E-state index >= 15 is 0 Å². The van der Waals surface area contributed by atoms with E-state index in [1.54, 1.807) is 30.2 Å². The molecule has 0 spiro atoms. The summed E-state index contributed by atoms with van der Waals surface area (Å²) >= 11 is 0. The normalized spacial score (nSPS) is 13.7. The summed E-state index contributed by atoms with van der Waals surface area (Å²) in [6.45, 7) is 0. The molecular weight excluding hydrogens is 154 g/mol. The van der Waals surface area contributed by atoms with Gasteiger partial charge in [0.25, 0.3) is 5.91 Å². The van der Waals surface area contributed by atoms with Crippen molar-refractivity contribution in [3.63, 3.8) is 0 Å². The molecule has 0 saturated heterocycles. The van der Waals surface area contributed by atoms with Crippen molar-refractivity contribution in [2.75, 3.05) is 0 Å². The van der Waals surface area contributed by atoms with Crippen LogP contribution < -0.4 is 5.32 Å². The molecule has 1 aromatic carbocycles. The van der Waals surface area contributed by atoms with E-state index in [9.17, 15) is 9.59 Å². The molecular formula is C9H5NO2. The zero-order valence-corrected chi connectivity index (χ0v) is 6.13. The minimum Gasteiger partial charge on any atom is -0.312 e. The van der Waals surface area contributed by atoms with Crippen molar-refractivity contribution in [3.05, 3.63) is 35.4 Å². The highest BCUT2D eigenvalue weighted by Crippen LogP contribution is 2.21. The van der Waals surface area contributed by atoms with Gasteiger partial charge in [0.15, 0.2) is 5.94 Å². The van der Waals surface area contributed by atoms with Crippen molar-refractivity contribution < 1.29 is 9.59 Å². The van der Waals surface area contributed by atoms with E-state index in [1.807, 2.05) is 0 Å². The lowest BCUT2D eigenvalue weighted by atomic mass is 10.1. The molecule has 0 unspecified atom stereocenters. The number of rotatable bonds is 0. The monoisotopic (exact) mass is 159 g/mol. The van der Waals surface area contributed by atoms with E-state index in [-0.39, 0.29) is 11.6 Å². The fraction of sp³-hybridized carbons (Fsp3) is 0. The van der Waals surface area contributed by atoms with Gasteiger partial charge in [-0.2, -0.15) is 0 Å². The third kappa shape index (κ3) is 0.775. The van der Waals surface area contributed by atoms with E-state index in [0.717, 1.165) is 0 Å². The maximum absolute atomic E-state index is 11.1. The maximum Gasteiger partial charge on any atom is 0.256 e. The number of amides is 1. The van der Waals surface area contributed by atoms with Crippen molar-refractivity contribution in [2.45, 2.75) is 0 Å². The van der Waals surface area contributed by atoms with Crippen LogP contribution in [0.2, 0.25) is 0 Å². The molecule has 0 radical (unpaired) electrons. The van der Waals surface area contributed by atoms with Gasteiger partial charge in [-0.25, -0.2) is 4.79 Å². The number of fused-ring (bicyclic) bond motifs is 1. The molecule has 0 saturated carbocycles. The fourth-order valence-electron chi connectivity index (χ4n) is 1.23. The first-order chi connectivity index (χ1) is 5.83. The van der Waals surface area contributed by atoms with E-state index in [0.29, 0.717) is 11.1 Å². The zero-order chi connectivity index (χ0) is 8.55. The summed E-state index contributed by atoms with van der Waals surface area (Å²) < 4.78 is 0. The molecule has 1 heterocycles. The number of carbonyl (C=O) groups is 1. The number of hydrogen-bond donors (Lipinski definition) is 1. The minimum atomic E-state index is -0.232. The van der Waals surface area contributed by atoms with E-state index in [4.69, 9.17) is 0 Å². The molecule has 1 amide bonds. The quantitative estimate of drug-likeness (QED) is 0.563. The van der Waals surface area contributed by atoms with Gasteiger partial charge in [-0.15, -0.1) is 0 Å². The first-order valence-electron chi connectivity index (χ1n) is 3.49. The maximum atomic E-state index is 11.1. The summed E-state index contributed by atoms with van der Waals surface area (Å²) in [6, 6.07) is 6.92. The standard InChI is InChI=1S/C9H5NO2/c11-5-8-6-3-1-2-4-7(6)9(12)10-8/h1-4H,(H,10,12). The molecule has 0 bridgehead atoms. The Morgan fingerprint density at radius 2 is 1.83 bits per heavy atom. The van der Waals surface area contributed by atoms with E-state index in [2.05, 4.69) is 5.32 Å². The van der Waals surface area contributed by atoms with Crippen molar-refractivity contribution >= 4 is 17.5 Å². The second-order valence-electron chi connectivity index (χ2n) is 2.48. The van der Waals surface area contributed by atoms with Crippen LogP contribution in [0.15, 0.2) is 24.3 Å². The lowest BCUT2D eigenvalue weighted by Gasteiger charge is -1.90. The van der Waals surface area contributed by atoms with Crippen LogP contribution in [0.4, 0.5) is 0 Å². The Morgan fingerprint density at radius 3 is 2.50 bits per heavy atom. The molecule has 1 N–H and O–H groups in total. The van der Waals surface area contributed by atoms with Crippen molar-refractivity contribution in [3.8, 4) is 0 Å². The molecule has 3 heteroatoms. The first-order valence-corrected chi connectivity index (χ1v) is 3.49. The van der Waals surface area contributed by atoms with Crippen molar-refractivity contribution in [1.29, 1.82) is 0 Å². The van der Waals surface area contributed by atoms with Crippen molar-refractivity contribution in [2.24, 2.45) is 0 Å². The molecule has 0 atom stereocenters. The second-order valence-corrected chi connectivity index (χ2v) is 2.48. The molecule has 1 aliphatic rings. The molecule has 3 nitrogen and oxygen atoms in total. The van der Waals surface area contributed by atoms with Crippen LogP contribution in [0.5, 0.6) is 0 Å². The SMILES string of the molecule is O=C=C1NC(=O)c2ccccc21. The summed E-state index contributed by atoms with van der Waals surface area (Å²) in [6.07, 6.45) is 0. The summed E-state index contributed by atoms with van der Waals surface area (Å²) in [7, 11) is 0. The van der Waals surface area contributed by atoms with Gasteiger partial charge in [-0.05, 0) is 6.07 Å². The Kier molecular flexibility index (Phi) is 1.32. The van der Waals surface area contributed by atoms with Crippen LogP contribution >= 0.6 is 0 Å². The largest absolute Gasteiger partial charge is 0.312 e. The number of benzene rings is 1. The highest BCUT2D eigenvalue weighted by atomic mass is 16.2. The lowest BCUT2D eigenvalue weighted by Crippen LogP contribution is -2.12. The summed E-state index contributed by atoms with van der Waals surface area (Å²) in [5.41, 5.74) is 1.41. The Hall–Kier alpha value is -1.86. The third-order valence-electron chi connectivity index (χ3n) is 1.78. The summed E-state index contributed by atoms with van der Waals surface area (Å²) in [5.74, 6) is 1.45. The number of nitrogens with one attached hydrogen (secondary N) is 1. The highest BCUT2D eigenvalue weighted by molar-refractivity contribution is 6.13. The van der Waals surface area contributed by atoms with Gasteiger partial charge in [-0.1, -0.05) is 18.2 Å². The average molecular weight is 159 g/mol. The third-order valence-corrected chi connectivity index (χ3v) is 1.78. The molecule has 2 rings (SSSR count). The number of hydrogen-bond acceptors (Lipinski definition) is 2. The van der Waals surface area contributed by atoms with Gasteiger partial charge < -0.3 is 5.32 Å². The molecule has 0 aromatic heterocycles. The van der Waals surface area contributed by atoms with Gasteiger partial charge in [0, 0.05) is 11.1 Å². The molecule has 1 aliphatic heterocycles. The molecule has 1 aromatic rings. The fourth-order valence-corrected chi connectivity index (χ4v) is 1.23. The second kappa shape index (κ2) is 2.32. The van der Waals surface area contributed by atoms with Crippen LogP contribution in [0.25, 0.3) is 5.70 Å². The average Bonchev–Trinajstić information content (AvgIpc) is 2.44. The van der Waals surface area contributed by atoms with Gasteiger partial charge >= 0.3 is 0 Å². The van der Waals surface area contributed by atoms with Crippen LogP contribution in [-0.2, 0) is 4.79 Å². The molecule has 58 valence electrons. The Bertz CT molecular complexity index is 403. The predicted molar refractivity (Wildman–Crippen MR) is 43.0 cm³/mol. The Morgan fingerprint density at radius 1 is 1.17 bits per heavy atom. The smallest absolute Gasteiger partial charge is 0.256 e. The Balaban J connectivity index is 2.73. The lowest BCUT2D eigenvalue weighted by molar-refractivity contribution is 0.0981. The predicted octanol–water partition coefficient (Wildman–Crippen LogP) is 0.603. The molecule has 12 heavy (non-hydrogen) atoms. The van der Waals surface area contributed by atoms with Crippen LogP contribution in [0, 0.1) is 0 Å².